The standard InChI is InChI=1S/C22H31N3O2S/c1-3-9-18-23-20(25-13-8-10-15(14-25)22(26)27-4-2)19-16-11-6-5-7-12-17(16)28-21(19)24-18/h15H,3-14H2,1-2H3. The molecular formula is C22H31N3O2S. The lowest BCUT2D eigenvalue weighted by Crippen LogP contribution is -2.40. The Balaban J connectivity index is 1.75. The van der Waals surface area contributed by atoms with E-state index in [9.17, 15) is 4.79 Å². The van der Waals surface area contributed by atoms with Crippen molar-refractivity contribution in [3.63, 3.8) is 0 Å². The largest absolute Gasteiger partial charge is 0.466 e. The van der Waals surface area contributed by atoms with Gasteiger partial charge in [0.05, 0.1) is 17.9 Å². The summed E-state index contributed by atoms with van der Waals surface area (Å²) in [5.41, 5.74) is 1.48. The molecule has 5 nitrogen and oxygen atoms in total. The highest BCUT2D eigenvalue weighted by Crippen LogP contribution is 2.40. The molecule has 1 atom stereocenters. The zero-order valence-electron chi connectivity index (χ0n) is 17.1. The van der Waals surface area contributed by atoms with Gasteiger partial charge in [-0.15, -0.1) is 11.3 Å². The summed E-state index contributed by atoms with van der Waals surface area (Å²) < 4.78 is 5.31. The molecule has 0 spiro atoms. The average molecular weight is 402 g/mol. The van der Waals surface area contributed by atoms with Crippen molar-refractivity contribution in [1.82, 2.24) is 9.97 Å². The summed E-state index contributed by atoms with van der Waals surface area (Å²) >= 11 is 1.88. The Bertz CT molecular complexity index is 848. The van der Waals surface area contributed by atoms with E-state index in [0.717, 1.165) is 55.1 Å². The number of thiophene rings is 1. The van der Waals surface area contributed by atoms with Crippen molar-refractivity contribution in [3.8, 4) is 0 Å². The van der Waals surface area contributed by atoms with Crippen molar-refractivity contribution in [2.75, 3.05) is 24.6 Å². The molecule has 152 valence electrons. The molecule has 0 aromatic carbocycles. The van der Waals surface area contributed by atoms with Crippen LogP contribution in [-0.2, 0) is 28.8 Å². The van der Waals surface area contributed by atoms with E-state index < -0.39 is 0 Å². The van der Waals surface area contributed by atoms with Crippen molar-refractivity contribution < 1.29 is 9.53 Å². The van der Waals surface area contributed by atoms with Gasteiger partial charge in [0.15, 0.2) is 0 Å². The summed E-state index contributed by atoms with van der Waals surface area (Å²) in [6.45, 7) is 6.17. The number of aryl methyl sites for hydroxylation is 3. The maximum atomic E-state index is 12.4. The second-order valence-electron chi connectivity index (χ2n) is 8.00. The fourth-order valence-corrected chi connectivity index (χ4v) is 5.82. The SMILES string of the molecule is CCCc1nc(N2CCCC(C(=O)OCC)C2)c2c3c(sc2n1)CCCCC3. The molecule has 0 saturated carbocycles. The average Bonchev–Trinajstić information content (AvgIpc) is 2.89. The Morgan fingerprint density at radius 3 is 2.86 bits per heavy atom. The highest BCUT2D eigenvalue weighted by atomic mass is 32.1. The molecule has 0 amide bonds. The number of fused-ring (bicyclic) bond motifs is 3. The normalized spacial score (nSPS) is 20.1. The first kappa shape index (κ1) is 19.6. The van der Waals surface area contributed by atoms with Gasteiger partial charge in [-0.05, 0) is 57.4 Å². The van der Waals surface area contributed by atoms with Crippen LogP contribution in [0.3, 0.4) is 0 Å². The summed E-state index contributed by atoms with van der Waals surface area (Å²) in [4.78, 5) is 27.3. The number of piperidine rings is 1. The molecule has 0 radical (unpaired) electrons. The molecule has 1 unspecified atom stereocenters. The lowest BCUT2D eigenvalue weighted by atomic mass is 9.97. The highest BCUT2D eigenvalue weighted by molar-refractivity contribution is 7.19. The Morgan fingerprint density at radius 2 is 2.04 bits per heavy atom. The van der Waals surface area contributed by atoms with Crippen molar-refractivity contribution in [3.05, 3.63) is 16.3 Å². The number of hydrogen-bond donors (Lipinski definition) is 0. The lowest BCUT2D eigenvalue weighted by Gasteiger charge is -2.33. The number of hydrogen-bond acceptors (Lipinski definition) is 6. The number of esters is 1. The van der Waals surface area contributed by atoms with Gasteiger partial charge in [-0.2, -0.15) is 0 Å². The van der Waals surface area contributed by atoms with E-state index in [1.807, 2.05) is 18.3 Å². The fourth-order valence-electron chi connectivity index (χ4n) is 4.54. The van der Waals surface area contributed by atoms with Gasteiger partial charge >= 0.3 is 5.97 Å². The Kier molecular flexibility index (Phi) is 6.14. The molecular weight excluding hydrogens is 370 g/mol. The van der Waals surface area contributed by atoms with Gasteiger partial charge in [0, 0.05) is 24.4 Å². The summed E-state index contributed by atoms with van der Waals surface area (Å²) in [7, 11) is 0. The Morgan fingerprint density at radius 1 is 1.18 bits per heavy atom. The number of aromatic nitrogens is 2. The lowest BCUT2D eigenvalue weighted by molar-refractivity contribution is -0.148. The summed E-state index contributed by atoms with van der Waals surface area (Å²) in [5.74, 6) is 1.91. The van der Waals surface area contributed by atoms with Gasteiger partial charge in [0.2, 0.25) is 0 Å². The van der Waals surface area contributed by atoms with Gasteiger partial charge in [-0.3, -0.25) is 4.79 Å². The second-order valence-corrected chi connectivity index (χ2v) is 9.08. The molecule has 1 aliphatic carbocycles. The fraction of sp³-hybridized carbons (Fsp3) is 0.682. The second kappa shape index (κ2) is 8.76. The van der Waals surface area contributed by atoms with Crippen LogP contribution < -0.4 is 4.90 Å². The summed E-state index contributed by atoms with van der Waals surface area (Å²) in [5, 5.41) is 1.27. The molecule has 1 aliphatic heterocycles. The van der Waals surface area contributed by atoms with Crippen LogP contribution in [0.15, 0.2) is 0 Å². The molecule has 2 aromatic rings. The molecule has 0 N–H and O–H groups in total. The third kappa shape index (κ3) is 3.88. The topological polar surface area (TPSA) is 55.3 Å². The number of rotatable bonds is 5. The minimum atomic E-state index is -0.0598. The predicted molar refractivity (Wildman–Crippen MR) is 114 cm³/mol. The monoisotopic (exact) mass is 401 g/mol. The van der Waals surface area contributed by atoms with Gasteiger partial charge in [0.1, 0.15) is 16.5 Å². The van der Waals surface area contributed by atoms with Crippen LogP contribution in [0, 0.1) is 5.92 Å². The van der Waals surface area contributed by atoms with Crippen molar-refractivity contribution in [1.29, 1.82) is 0 Å². The van der Waals surface area contributed by atoms with Crippen LogP contribution >= 0.6 is 11.3 Å². The van der Waals surface area contributed by atoms with Crippen LogP contribution in [0.2, 0.25) is 0 Å². The third-order valence-electron chi connectivity index (χ3n) is 5.91. The van der Waals surface area contributed by atoms with Crippen LogP contribution in [0.25, 0.3) is 10.2 Å². The van der Waals surface area contributed by atoms with E-state index in [4.69, 9.17) is 14.7 Å². The maximum absolute atomic E-state index is 12.4. The Labute approximate surface area is 171 Å². The predicted octanol–water partition coefficient (Wildman–Crippen LogP) is 4.69. The minimum absolute atomic E-state index is 0.0504. The first-order chi connectivity index (χ1) is 13.7. The van der Waals surface area contributed by atoms with Gasteiger partial charge < -0.3 is 9.64 Å². The van der Waals surface area contributed by atoms with Crippen molar-refractivity contribution in [2.24, 2.45) is 5.92 Å². The molecule has 3 heterocycles. The van der Waals surface area contributed by atoms with Crippen LogP contribution in [0.1, 0.15) is 68.6 Å². The zero-order valence-corrected chi connectivity index (χ0v) is 17.9. The van der Waals surface area contributed by atoms with E-state index >= 15 is 0 Å². The quantitative estimate of drug-likeness (QED) is 0.537. The smallest absolute Gasteiger partial charge is 0.310 e. The molecule has 0 bridgehead atoms. The van der Waals surface area contributed by atoms with Crippen LogP contribution in [0.4, 0.5) is 5.82 Å². The number of nitrogens with zero attached hydrogens (tertiary/aromatic N) is 3. The van der Waals surface area contributed by atoms with Crippen molar-refractivity contribution in [2.45, 2.75) is 71.6 Å². The molecule has 4 rings (SSSR count). The van der Waals surface area contributed by atoms with Crippen LogP contribution in [-0.4, -0.2) is 35.6 Å². The first-order valence-electron chi connectivity index (χ1n) is 10.9. The van der Waals surface area contributed by atoms with Crippen LogP contribution in [0.5, 0.6) is 0 Å². The first-order valence-corrected chi connectivity index (χ1v) is 11.8. The van der Waals surface area contributed by atoms with Gasteiger partial charge in [-0.1, -0.05) is 13.3 Å². The van der Waals surface area contributed by atoms with Gasteiger partial charge in [0.25, 0.3) is 0 Å². The number of anilines is 1. The number of carbonyl (C=O) groups excluding carboxylic acids is 1. The zero-order chi connectivity index (χ0) is 19.5. The van der Waals surface area contributed by atoms with E-state index in [2.05, 4.69) is 11.8 Å². The maximum Gasteiger partial charge on any atom is 0.310 e. The van der Waals surface area contributed by atoms with E-state index in [0.29, 0.717) is 13.2 Å². The minimum Gasteiger partial charge on any atom is -0.466 e. The molecule has 1 saturated heterocycles. The van der Waals surface area contributed by atoms with Gasteiger partial charge in [-0.25, -0.2) is 9.97 Å². The summed E-state index contributed by atoms with van der Waals surface area (Å²) in [6, 6.07) is 0. The van der Waals surface area contributed by atoms with E-state index in [-0.39, 0.29) is 11.9 Å². The van der Waals surface area contributed by atoms with E-state index in [1.165, 1.54) is 41.5 Å². The molecule has 28 heavy (non-hydrogen) atoms. The number of ether oxygens (including phenoxy) is 1. The van der Waals surface area contributed by atoms with Crippen molar-refractivity contribution >= 4 is 33.3 Å². The summed E-state index contributed by atoms with van der Waals surface area (Å²) in [6.07, 6.45) is 10.00. The molecule has 2 aliphatic rings. The highest BCUT2D eigenvalue weighted by Gasteiger charge is 2.30. The molecule has 6 heteroatoms. The Hall–Kier alpha value is -1.69. The molecule has 1 fully saturated rings. The molecule has 2 aromatic heterocycles. The van der Waals surface area contributed by atoms with E-state index in [1.54, 1.807) is 0 Å². The third-order valence-corrected chi connectivity index (χ3v) is 7.09. The number of carbonyl (C=O) groups is 1.